The van der Waals surface area contributed by atoms with E-state index in [1.165, 1.54) is 4.90 Å². The molecule has 156 valence electrons. The van der Waals surface area contributed by atoms with Gasteiger partial charge in [-0.2, -0.15) is 0 Å². The van der Waals surface area contributed by atoms with Crippen molar-refractivity contribution in [2.24, 2.45) is 0 Å². The molecule has 0 atom stereocenters. The number of fused-ring (bicyclic) bond motifs is 1. The molecule has 30 heavy (non-hydrogen) atoms. The van der Waals surface area contributed by atoms with Crippen molar-refractivity contribution in [3.63, 3.8) is 0 Å². The van der Waals surface area contributed by atoms with Crippen LogP contribution >= 0.6 is 0 Å². The Balaban J connectivity index is 1.54. The van der Waals surface area contributed by atoms with Crippen LogP contribution in [0.4, 0.5) is 5.69 Å². The fraction of sp³-hybridized carbons (Fsp3) is 0.381. The second kappa shape index (κ2) is 7.74. The highest BCUT2D eigenvalue weighted by molar-refractivity contribution is 6.39. The van der Waals surface area contributed by atoms with Crippen LogP contribution in [0.15, 0.2) is 30.6 Å². The number of nitrogens with one attached hydrogen (secondary N) is 1. The number of para-hydroxylation sites is 1. The van der Waals surface area contributed by atoms with Gasteiger partial charge in [-0.15, -0.1) is 10.2 Å². The highest BCUT2D eigenvalue weighted by Gasteiger charge is 2.28. The van der Waals surface area contributed by atoms with E-state index in [-0.39, 0.29) is 6.04 Å². The second-order valence-corrected chi connectivity index (χ2v) is 7.73. The summed E-state index contributed by atoms with van der Waals surface area (Å²) in [6.45, 7) is 9.45. The molecule has 4 rings (SSSR count). The lowest BCUT2D eigenvalue weighted by atomic mass is 10.1. The van der Waals surface area contributed by atoms with Crippen molar-refractivity contribution in [1.82, 2.24) is 29.2 Å². The number of anilines is 1. The number of carbonyl (C=O) groups excluding carboxylic acids is 2. The van der Waals surface area contributed by atoms with Gasteiger partial charge in [0, 0.05) is 30.4 Å². The first-order chi connectivity index (χ1) is 14.4. The van der Waals surface area contributed by atoms with Gasteiger partial charge in [0.05, 0.1) is 17.9 Å². The summed E-state index contributed by atoms with van der Waals surface area (Å²) >= 11 is 0. The quantitative estimate of drug-likeness (QED) is 0.672. The Bertz CT molecular complexity index is 1110. The SMILES string of the molecule is Cc1nc2n(c1C)CCN(C(=O)C(=O)Nc1ccccc1-c1nncn1C(C)C)C2. The van der Waals surface area contributed by atoms with Gasteiger partial charge in [0.1, 0.15) is 12.2 Å². The summed E-state index contributed by atoms with van der Waals surface area (Å²) in [5.74, 6) is 0.202. The normalized spacial score (nSPS) is 13.4. The van der Waals surface area contributed by atoms with Crippen LogP contribution in [0.1, 0.15) is 37.1 Å². The third kappa shape index (κ3) is 3.47. The Kier molecular flexibility index (Phi) is 5.11. The molecule has 3 aromatic rings. The van der Waals surface area contributed by atoms with Crippen molar-refractivity contribution in [3.8, 4) is 11.4 Å². The molecule has 1 N–H and O–H groups in total. The number of rotatable bonds is 3. The van der Waals surface area contributed by atoms with Gasteiger partial charge in [0.25, 0.3) is 0 Å². The van der Waals surface area contributed by atoms with Crippen LogP contribution < -0.4 is 5.32 Å². The summed E-state index contributed by atoms with van der Waals surface area (Å²) in [5.41, 5.74) is 3.29. The number of aromatic nitrogens is 5. The molecule has 1 aliphatic heterocycles. The topological polar surface area (TPSA) is 97.9 Å². The molecule has 0 aliphatic carbocycles. The molecule has 2 aromatic heterocycles. The van der Waals surface area contributed by atoms with Gasteiger partial charge in [-0.3, -0.25) is 9.59 Å². The molecule has 3 heterocycles. The number of carbonyl (C=O) groups is 2. The Morgan fingerprint density at radius 1 is 1.13 bits per heavy atom. The Hall–Kier alpha value is -3.49. The van der Waals surface area contributed by atoms with Crippen molar-refractivity contribution in [2.75, 3.05) is 11.9 Å². The minimum atomic E-state index is -0.675. The highest BCUT2D eigenvalue weighted by Crippen LogP contribution is 2.28. The molecular formula is C21H25N7O2. The van der Waals surface area contributed by atoms with Crippen molar-refractivity contribution in [2.45, 2.75) is 46.8 Å². The Morgan fingerprint density at radius 3 is 2.67 bits per heavy atom. The van der Waals surface area contributed by atoms with Crippen LogP contribution in [-0.2, 0) is 22.7 Å². The molecule has 0 radical (unpaired) electrons. The van der Waals surface area contributed by atoms with E-state index in [2.05, 4.69) is 25.1 Å². The van der Waals surface area contributed by atoms with Gasteiger partial charge in [0.2, 0.25) is 0 Å². The molecule has 0 spiro atoms. The average molecular weight is 407 g/mol. The van der Waals surface area contributed by atoms with E-state index >= 15 is 0 Å². The van der Waals surface area contributed by atoms with Crippen molar-refractivity contribution >= 4 is 17.5 Å². The van der Waals surface area contributed by atoms with E-state index in [1.54, 1.807) is 12.4 Å². The van der Waals surface area contributed by atoms with Crippen LogP contribution in [0, 0.1) is 13.8 Å². The first-order valence-corrected chi connectivity index (χ1v) is 9.98. The second-order valence-electron chi connectivity index (χ2n) is 7.73. The molecule has 1 aliphatic rings. The predicted octanol–water partition coefficient (Wildman–Crippen LogP) is 2.32. The maximum Gasteiger partial charge on any atom is 0.313 e. The minimum Gasteiger partial charge on any atom is -0.329 e. The van der Waals surface area contributed by atoms with E-state index in [0.29, 0.717) is 36.7 Å². The van der Waals surface area contributed by atoms with Crippen molar-refractivity contribution in [3.05, 3.63) is 47.8 Å². The van der Waals surface area contributed by atoms with Crippen molar-refractivity contribution in [1.29, 1.82) is 0 Å². The number of benzene rings is 1. The summed E-state index contributed by atoms with van der Waals surface area (Å²) in [6, 6.07) is 7.44. The first-order valence-electron chi connectivity index (χ1n) is 9.98. The third-order valence-corrected chi connectivity index (χ3v) is 5.49. The lowest BCUT2D eigenvalue weighted by Gasteiger charge is -2.27. The molecule has 0 unspecified atom stereocenters. The molecule has 0 fully saturated rings. The van der Waals surface area contributed by atoms with Gasteiger partial charge >= 0.3 is 11.8 Å². The maximum absolute atomic E-state index is 12.8. The van der Waals surface area contributed by atoms with E-state index in [0.717, 1.165) is 17.2 Å². The molecule has 9 heteroatoms. The predicted molar refractivity (Wildman–Crippen MR) is 112 cm³/mol. The fourth-order valence-electron chi connectivity index (χ4n) is 3.70. The van der Waals surface area contributed by atoms with Crippen molar-refractivity contribution < 1.29 is 9.59 Å². The highest BCUT2D eigenvalue weighted by atomic mass is 16.2. The molecule has 0 bridgehead atoms. The summed E-state index contributed by atoms with van der Waals surface area (Å²) in [6.07, 6.45) is 1.66. The molecule has 9 nitrogen and oxygen atoms in total. The van der Waals surface area contributed by atoms with Crippen LogP contribution in [0.3, 0.4) is 0 Å². The molecular weight excluding hydrogens is 382 g/mol. The fourth-order valence-corrected chi connectivity index (χ4v) is 3.70. The van der Waals surface area contributed by atoms with Crippen LogP contribution in [0.25, 0.3) is 11.4 Å². The van der Waals surface area contributed by atoms with Gasteiger partial charge in [-0.25, -0.2) is 4.98 Å². The van der Waals surface area contributed by atoms with Crippen LogP contribution in [0.2, 0.25) is 0 Å². The zero-order valence-electron chi connectivity index (χ0n) is 17.6. The Morgan fingerprint density at radius 2 is 1.90 bits per heavy atom. The zero-order valence-corrected chi connectivity index (χ0v) is 17.6. The first kappa shape index (κ1) is 19.8. The van der Waals surface area contributed by atoms with E-state index in [4.69, 9.17) is 0 Å². The smallest absolute Gasteiger partial charge is 0.313 e. The van der Waals surface area contributed by atoms with Crippen LogP contribution in [-0.4, -0.2) is 47.6 Å². The summed E-state index contributed by atoms with van der Waals surface area (Å²) in [5, 5.41) is 11.0. The molecule has 0 saturated carbocycles. The van der Waals surface area contributed by atoms with E-state index in [1.807, 2.05) is 50.5 Å². The largest absolute Gasteiger partial charge is 0.329 e. The lowest BCUT2D eigenvalue weighted by Crippen LogP contribution is -2.44. The number of nitrogens with zero attached hydrogens (tertiary/aromatic N) is 6. The van der Waals surface area contributed by atoms with Gasteiger partial charge in [-0.05, 0) is 39.8 Å². The maximum atomic E-state index is 12.8. The van der Waals surface area contributed by atoms with Gasteiger partial charge in [-0.1, -0.05) is 12.1 Å². The number of hydrogen-bond donors (Lipinski definition) is 1. The number of aryl methyl sites for hydroxylation is 1. The monoisotopic (exact) mass is 407 g/mol. The standard InChI is InChI=1S/C21H25N7O2/c1-13(2)28-12-22-25-19(28)16-7-5-6-8-17(16)24-20(29)21(30)26-9-10-27-15(4)14(3)23-18(27)11-26/h5-8,12-13H,9-11H2,1-4H3,(H,24,29). The minimum absolute atomic E-state index is 0.157. The molecule has 1 aromatic carbocycles. The number of hydrogen-bond acceptors (Lipinski definition) is 5. The van der Waals surface area contributed by atoms with E-state index < -0.39 is 11.8 Å². The summed E-state index contributed by atoms with van der Waals surface area (Å²) < 4.78 is 4.02. The van der Waals surface area contributed by atoms with Gasteiger partial charge < -0.3 is 19.4 Å². The number of imidazole rings is 1. The van der Waals surface area contributed by atoms with Gasteiger partial charge in [0.15, 0.2) is 5.82 Å². The molecule has 0 saturated heterocycles. The number of amides is 2. The van der Waals surface area contributed by atoms with E-state index in [9.17, 15) is 9.59 Å². The average Bonchev–Trinajstić information content (AvgIpc) is 3.33. The Labute approximate surface area is 174 Å². The summed E-state index contributed by atoms with van der Waals surface area (Å²) in [7, 11) is 0. The zero-order chi connectivity index (χ0) is 21.4. The lowest BCUT2D eigenvalue weighted by molar-refractivity contribution is -0.144. The third-order valence-electron chi connectivity index (χ3n) is 5.49. The summed E-state index contributed by atoms with van der Waals surface area (Å²) in [4.78, 5) is 31.6. The molecule has 2 amide bonds. The van der Waals surface area contributed by atoms with Crippen LogP contribution in [0.5, 0.6) is 0 Å².